The molecule has 0 saturated carbocycles. The maximum Gasteiger partial charge on any atom is 0.0937 e. The van der Waals surface area contributed by atoms with E-state index in [1.54, 1.807) is 0 Å². The normalized spacial score (nSPS) is 13.6. The molecule has 6 aromatic carbocycles. The van der Waals surface area contributed by atoms with Crippen LogP contribution in [0.2, 0.25) is 0 Å². The van der Waals surface area contributed by atoms with Gasteiger partial charge in [0.2, 0.25) is 0 Å². The third kappa shape index (κ3) is 3.18. The van der Waals surface area contributed by atoms with Crippen molar-refractivity contribution < 1.29 is 0 Å². The largest absolute Gasteiger partial charge is 0.309 e. The molecule has 222 valence electrons. The van der Waals surface area contributed by atoms with E-state index < -0.39 is 5.41 Å². The summed E-state index contributed by atoms with van der Waals surface area (Å²) in [6.45, 7) is 0. The van der Waals surface area contributed by atoms with Crippen molar-refractivity contribution in [2.45, 2.75) is 5.41 Å². The fraction of sp³-hybridized carbons (Fsp3) is 0.0222. The number of fused-ring (bicyclic) bond motifs is 14. The van der Waals surface area contributed by atoms with Crippen LogP contribution < -0.4 is 0 Å². The van der Waals surface area contributed by atoms with Crippen LogP contribution in [0.3, 0.4) is 0 Å². The van der Waals surface area contributed by atoms with E-state index >= 15 is 0 Å². The highest BCUT2D eigenvalue weighted by molar-refractivity contribution is 6.11. The second kappa shape index (κ2) is 9.37. The van der Waals surface area contributed by atoms with Gasteiger partial charge in [0.25, 0.3) is 0 Å². The van der Waals surface area contributed by atoms with E-state index in [1.165, 1.54) is 82.8 Å². The summed E-state index contributed by atoms with van der Waals surface area (Å²) in [6.07, 6.45) is 3.77. The summed E-state index contributed by atoms with van der Waals surface area (Å²) in [4.78, 5) is 9.78. The van der Waals surface area contributed by atoms with Gasteiger partial charge in [0, 0.05) is 28.9 Å². The molecule has 0 unspecified atom stereocenters. The van der Waals surface area contributed by atoms with Crippen LogP contribution in [-0.4, -0.2) is 14.5 Å². The Morgan fingerprint density at radius 1 is 0.438 bits per heavy atom. The van der Waals surface area contributed by atoms with Crippen molar-refractivity contribution in [3.63, 3.8) is 0 Å². The molecule has 3 nitrogen and oxygen atoms in total. The molecule has 0 saturated heterocycles. The van der Waals surface area contributed by atoms with Gasteiger partial charge in [-0.05, 0) is 97.7 Å². The first kappa shape index (κ1) is 25.8. The fourth-order valence-corrected chi connectivity index (χ4v) is 8.82. The van der Waals surface area contributed by atoms with E-state index in [0.29, 0.717) is 0 Å². The Hall–Kier alpha value is -6.32. The summed E-state index contributed by atoms with van der Waals surface area (Å²) in [7, 11) is 0. The Kier molecular flexibility index (Phi) is 5.04. The average Bonchev–Trinajstić information content (AvgIpc) is 3.76. The lowest BCUT2D eigenvalue weighted by molar-refractivity contribution is 0.789. The van der Waals surface area contributed by atoms with Crippen LogP contribution in [0.25, 0.3) is 71.9 Å². The molecular formula is C45H27N3. The molecule has 1 spiro atoms. The Labute approximate surface area is 277 Å². The number of nitrogens with zero attached hydrogens (tertiary/aromatic N) is 3. The van der Waals surface area contributed by atoms with Crippen molar-refractivity contribution in [3.8, 4) is 39.3 Å². The number of hydrogen-bond acceptors (Lipinski definition) is 2. The summed E-state index contributed by atoms with van der Waals surface area (Å²) in [5.74, 6) is 0. The third-order valence-electron chi connectivity index (χ3n) is 10.7. The van der Waals surface area contributed by atoms with E-state index in [1.807, 2.05) is 12.4 Å². The molecule has 0 atom stereocenters. The van der Waals surface area contributed by atoms with Gasteiger partial charge in [-0.25, -0.2) is 0 Å². The molecule has 0 fully saturated rings. The van der Waals surface area contributed by atoms with E-state index in [0.717, 1.165) is 11.4 Å². The second-order valence-electron chi connectivity index (χ2n) is 12.9. The van der Waals surface area contributed by atoms with Gasteiger partial charge in [-0.1, -0.05) is 109 Å². The molecule has 48 heavy (non-hydrogen) atoms. The van der Waals surface area contributed by atoms with Crippen molar-refractivity contribution in [3.05, 3.63) is 186 Å². The molecule has 0 amide bonds. The quantitative estimate of drug-likeness (QED) is 0.195. The van der Waals surface area contributed by atoms with Gasteiger partial charge in [-0.3, -0.25) is 9.97 Å². The third-order valence-corrected chi connectivity index (χ3v) is 10.7. The molecule has 0 radical (unpaired) electrons. The minimum atomic E-state index is -0.467. The minimum Gasteiger partial charge on any atom is -0.309 e. The summed E-state index contributed by atoms with van der Waals surface area (Å²) in [5, 5.41) is 4.99. The van der Waals surface area contributed by atoms with Crippen LogP contribution in [0.15, 0.2) is 164 Å². The van der Waals surface area contributed by atoms with Crippen molar-refractivity contribution in [1.29, 1.82) is 0 Å². The molecule has 0 bridgehead atoms. The van der Waals surface area contributed by atoms with Gasteiger partial charge in [0.1, 0.15) is 0 Å². The Morgan fingerprint density at radius 3 is 1.96 bits per heavy atom. The molecule has 3 aromatic heterocycles. The number of hydrogen-bond donors (Lipinski definition) is 0. The molecule has 0 N–H and O–H groups in total. The molecular weight excluding hydrogens is 583 g/mol. The van der Waals surface area contributed by atoms with E-state index in [-0.39, 0.29) is 0 Å². The van der Waals surface area contributed by atoms with Gasteiger partial charge >= 0.3 is 0 Å². The molecule has 3 heterocycles. The predicted octanol–water partition coefficient (Wildman–Crippen LogP) is 10.7. The van der Waals surface area contributed by atoms with Crippen molar-refractivity contribution in [1.82, 2.24) is 14.5 Å². The smallest absolute Gasteiger partial charge is 0.0937 e. The van der Waals surface area contributed by atoms with Gasteiger partial charge in [0.05, 0.1) is 27.8 Å². The number of aromatic nitrogens is 3. The zero-order chi connectivity index (χ0) is 31.4. The van der Waals surface area contributed by atoms with Gasteiger partial charge in [0.15, 0.2) is 0 Å². The van der Waals surface area contributed by atoms with Crippen LogP contribution in [0.1, 0.15) is 22.3 Å². The molecule has 11 rings (SSSR count). The first-order valence-electron chi connectivity index (χ1n) is 16.5. The Bertz CT molecular complexity index is 2760. The lowest BCUT2D eigenvalue weighted by Gasteiger charge is -2.29. The SMILES string of the molecule is c1ccc2c(c1)-c1c(-c3ccc4c(c3)c3ccccc3n4-c3ccc4ccccc4c3)cccc1C21c2cccnc2-c2ncccc21. The monoisotopic (exact) mass is 609 g/mol. The Balaban J connectivity index is 1.18. The topological polar surface area (TPSA) is 30.7 Å². The molecule has 2 aliphatic rings. The second-order valence-corrected chi connectivity index (χ2v) is 12.9. The highest BCUT2D eigenvalue weighted by atomic mass is 15.0. The van der Waals surface area contributed by atoms with Crippen LogP contribution in [-0.2, 0) is 5.41 Å². The highest BCUT2D eigenvalue weighted by Crippen LogP contribution is 2.63. The lowest BCUT2D eigenvalue weighted by Crippen LogP contribution is -2.26. The molecule has 0 aliphatic heterocycles. The molecule has 3 heteroatoms. The van der Waals surface area contributed by atoms with Gasteiger partial charge in [-0.15, -0.1) is 0 Å². The number of benzene rings is 6. The summed E-state index contributed by atoms with van der Waals surface area (Å²) < 4.78 is 2.41. The van der Waals surface area contributed by atoms with Crippen LogP contribution in [0.4, 0.5) is 0 Å². The van der Waals surface area contributed by atoms with Crippen LogP contribution >= 0.6 is 0 Å². The first-order valence-corrected chi connectivity index (χ1v) is 16.5. The summed E-state index contributed by atoms with van der Waals surface area (Å²) >= 11 is 0. The zero-order valence-corrected chi connectivity index (χ0v) is 25.9. The van der Waals surface area contributed by atoms with Crippen molar-refractivity contribution in [2.24, 2.45) is 0 Å². The zero-order valence-electron chi connectivity index (χ0n) is 25.9. The number of pyridine rings is 2. The van der Waals surface area contributed by atoms with E-state index in [4.69, 9.17) is 9.97 Å². The number of para-hydroxylation sites is 1. The van der Waals surface area contributed by atoms with E-state index in [9.17, 15) is 0 Å². The standard InChI is InChI=1S/C45H27N3/c1-2-11-29-26-31(22-20-28(29)10-1)48-40-19-6-4-12-33(40)35-27-30(21-23-41(35)48)32-14-7-16-37-42(32)34-13-3-5-15-36(34)45(37)38-17-8-24-46-43(38)44-39(45)18-9-25-47-44/h1-27H. The van der Waals surface area contributed by atoms with Gasteiger partial charge in [-0.2, -0.15) is 0 Å². The predicted molar refractivity (Wildman–Crippen MR) is 196 cm³/mol. The summed E-state index contributed by atoms with van der Waals surface area (Å²) in [5.41, 5.74) is 15.1. The highest BCUT2D eigenvalue weighted by Gasteiger charge is 2.53. The maximum absolute atomic E-state index is 4.89. The van der Waals surface area contributed by atoms with Crippen LogP contribution in [0, 0.1) is 0 Å². The fourth-order valence-electron chi connectivity index (χ4n) is 8.82. The van der Waals surface area contributed by atoms with Crippen molar-refractivity contribution >= 4 is 32.6 Å². The van der Waals surface area contributed by atoms with Gasteiger partial charge < -0.3 is 4.57 Å². The van der Waals surface area contributed by atoms with Crippen molar-refractivity contribution in [2.75, 3.05) is 0 Å². The average molecular weight is 610 g/mol. The number of rotatable bonds is 2. The van der Waals surface area contributed by atoms with Crippen LogP contribution in [0.5, 0.6) is 0 Å². The molecule has 2 aliphatic carbocycles. The van der Waals surface area contributed by atoms with E-state index in [2.05, 4.69) is 156 Å². The molecule has 9 aromatic rings. The Morgan fingerprint density at radius 2 is 1.10 bits per heavy atom. The maximum atomic E-state index is 4.89. The first-order chi connectivity index (χ1) is 23.8. The lowest BCUT2D eigenvalue weighted by atomic mass is 9.71. The summed E-state index contributed by atoms with van der Waals surface area (Å²) in [6, 6.07) is 55.6. The minimum absolute atomic E-state index is 0.467.